The van der Waals surface area contributed by atoms with Crippen molar-refractivity contribution in [2.24, 2.45) is 0 Å². The van der Waals surface area contributed by atoms with Crippen molar-refractivity contribution < 1.29 is 0 Å². The lowest BCUT2D eigenvalue weighted by molar-refractivity contribution is 0.645. The number of nitrogen functional groups attached to an aromatic ring is 1. The number of hydrogen-bond acceptors (Lipinski definition) is 7. The molecular weight excluding hydrogens is 248 g/mol. The van der Waals surface area contributed by atoms with E-state index in [4.69, 9.17) is 5.73 Å². The summed E-state index contributed by atoms with van der Waals surface area (Å²) in [6.45, 7) is 3.73. The fraction of sp³-hybridized carbons (Fsp3) is 0.364. The van der Waals surface area contributed by atoms with Crippen LogP contribution in [0.1, 0.15) is 0 Å². The smallest absolute Gasteiger partial charge is 0.185 e. The molecule has 0 unspecified atom stereocenters. The topological polar surface area (TPSA) is 71.2 Å². The lowest BCUT2D eigenvalue weighted by Crippen LogP contribution is -2.46. The predicted molar refractivity (Wildman–Crippen MR) is 73.0 cm³/mol. The minimum absolute atomic E-state index is 0.467. The van der Waals surface area contributed by atoms with Gasteiger partial charge in [-0.15, -0.1) is 11.3 Å². The molecule has 0 saturated carbocycles. The number of nitrogens with two attached hydrogens (primary N) is 1. The van der Waals surface area contributed by atoms with Gasteiger partial charge in [-0.3, -0.25) is 4.98 Å². The Morgan fingerprint density at radius 1 is 1.11 bits per heavy atom. The maximum atomic E-state index is 5.65. The van der Waals surface area contributed by atoms with Gasteiger partial charge in [0.1, 0.15) is 11.6 Å². The number of nitrogens with zero attached hydrogens (tertiary/aromatic N) is 5. The number of rotatable bonds is 2. The van der Waals surface area contributed by atoms with Crippen LogP contribution in [0.5, 0.6) is 0 Å². The van der Waals surface area contributed by atoms with Gasteiger partial charge in [-0.2, -0.15) is 0 Å². The van der Waals surface area contributed by atoms with Gasteiger partial charge in [0.05, 0.1) is 12.4 Å². The number of thiazole rings is 1. The molecule has 2 aromatic heterocycles. The van der Waals surface area contributed by atoms with Crippen LogP contribution in [0.25, 0.3) is 0 Å². The molecule has 7 heteroatoms. The second-order valence-corrected chi connectivity index (χ2v) is 4.96. The van der Waals surface area contributed by atoms with Crippen LogP contribution in [0.3, 0.4) is 0 Å². The molecule has 1 aliphatic rings. The Kier molecular flexibility index (Phi) is 2.97. The van der Waals surface area contributed by atoms with E-state index in [2.05, 4.69) is 24.8 Å². The number of anilines is 3. The third-order valence-corrected chi connectivity index (χ3v) is 3.77. The van der Waals surface area contributed by atoms with Crippen molar-refractivity contribution in [2.45, 2.75) is 0 Å². The Hall–Kier alpha value is -1.89. The summed E-state index contributed by atoms with van der Waals surface area (Å²) in [5.41, 5.74) is 5.65. The molecule has 1 saturated heterocycles. The molecule has 0 aliphatic carbocycles. The van der Waals surface area contributed by atoms with Gasteiger partial charge in [0, 0.05) is 37.8 Å². The van der Waals surface area contributed by atoms with Gasteiger partial charge in [-0.25, -0.2) is 9.97 Å². The Morgan fingerprint density at radius 3 is 2.56 bits per heavy atom. The quantitative estimate of drug-likeness (QED) is 0.865. The van der Waals surface area contributed by atoms with Crippen LogP contribution in [0.2, 0.25) is 0 Å². The number of hydrogen-bond donors (Lipinski definition) is 1. The molecule has 94 valence electrons. The van der Waals surface area contributed by atoms with Crippen LogP contribution in [-0.4, -0.2) is 41.1 Å². The normalized spacial score (nSPS) is 16.0. The number of piperazine rings is 1. The largest absolute Gasteiger partial charge is 0.382 e. The third kappa shape index (κ3) is 2.21. The molecule has 2 aromatic rings. The van der Waals surface area contributed by atoms with E-state index in [1.165, 1.54) is 0 Å². The highest BCUT2D eigenvalue weighted by atomic mass is 32.1. The molecule has 0 radical (unpaired) electrons. The first-order valence-electron chi connectivity index (χ1n) is 5.80. The molecule has 0 spiro atoms. The first-order chi connectivity index (χ1) is 8.83. The molecule has 0 atom stereocenters. The summed E-state index contributed by atoms with van der Waals surface area (Å²) in [7, 11) is 0. The predicted octanol–water partition coefficient (Wildman–Crippen LogP) is 0.842. The van der Waals surface area contributed by atoms with Crippen molar-refractivity contribution >= 4 is 28.1 Å². The maximum absolute atomic E-state index is 5.65. The van der Waals surface area contributed by atoms with Gasteiger partial charge in [0.25, 0.3) is 0 Å². The summed E-state index contributed by atoms with van der Waals surface area (Å²) in [6, 6.07) is 0. The molecule has 3 heterocycles. The van der Waals surface area contributed by atoms with E-state index in [9.17, 15) is 0 Å². The second-order valence-electron chi connectivity index (χ2n) is 4.09. The fourth-order valence-corrected chi connectivity index (χ4v) is 2.72. The standard InChI is InChI=1S/C11H14N6S/c12-9-7-13-8-10(15-9)16-2-4-17(5-3-16)11-14-1-6-18-11/h1,6-8H,2-5H2,(H2,12,15). The van der Waals surface area contributed by atoms with Gasteiger partial charge in [0.15, 0.2) is 5.13 Å². The van der Waals surface area contributed by atoms with Crippen molar-refractivity contribution in [3.63, 3.8) is 0 Å². The van der Waals surface area contributed by atoms with Gasteiger partial charge in [0.2, 0.25) is 0 Å². The summed E-state index contributed by atoms with van der Waals surface area (Å²) in [5.74, 6) is 1.32. The van der Waals surface area contributed by atoms with E-state index in [0.29, 0.717) is 5.82 Å². The molecule has 0 aromatic carbocycles. The van der Waals surface area contributed by atoms with Gasteiger partial charge in [-0.05, 0) is 0 Å². The summed E-state index contributed by atoms with van der Waals surface area (Å²) < 4.78 is 0. The van der Waals surface area contributed by atoms with Gasteiger partial charge >= 0.3 is 0 Å². The molecule has 3 rings (SSSR count). The van der Waals surface area contributed by atoms with Crippen molar-refractivity contribution in [2.75, 3.05) is 41.7 Å². The lowest BCUT2D eigenvalue weighted by atomic mass is 10.3. The second kappa shape index (κ2) is 4.77. The van der Waals surface area contributed by atoms with E-state index in [1.54, 1.807) is 23.7 Å². The van der Waals surface area contributed by atoms with Gasteiger partial charge < -0.3 is 15.5 Å². The molecule has 1 aliphatic heterocycles. The van der Waals surface area contributed by atoms with Crippen molar-refractivity contribution in [3.05, 3.63) is 24.0 Å². The van der Waals surface area contributed by atoms with E-state index >= 15 is 0 Å². The first kappa shape index (κ1) is 11.2. The van der Waals surface area contributed by atoms with E-state index in [1.807, 2.05) is 11.6 Å². The Balaban J connectivity index is 1.67. The lowest BCUT2D eigenvalue weighted by Gasteiger charge is -2.35. The van der Waals surface area contributed by atoms with Crippen LogP contribution in [-0.2, 0) is 0 Å². The van der Waals surface area contributed by atoms with Crippen LogP contribution in [0.4, 0.5) is 16.8 Å². The van der Waals surface area contributed by atoms with Crippen LogP contribution in [0, 0.1) is 0 Å². The zero-order chi connectivity index (χ0) is 12.4. The highest BCUT2D eigenvalue weighted by Gasteiger charge is 2.19. The molecule has 0 amide bonds. The molecular formula is C11H14N6S. The van der Waals surface area contributed by atoms with E-state index in [0.717, 1.165) is 37.1 Å². The van der Waals surface area contributed by atoms with Crippen LogP contribution in [0.15, 0.2) is 24.0 Å². The zero-order valence-corrected chi connectivity index (χ0v) is 10.7. The van der Waals surface area contributed by atoms with Crippen molar-refractivity contribution in [1.29, 1.82) is 0 Å². The first-order valence-corrected chi connectivity index (χ1v) is 6.68. The average molecular weight is 262 g/mol. The highest BCUT2D eigenvalue weighted by Crippen LogP contribution is 2.20. The minimum Gasteiger partial charge on any atom is -0.382 e. The van der Waals surface area contributed by atoms with Crippen LogP contribution < -0.4 is 15.5 Å². The SMILES string of the molecule is Nc1cncc(N2CCN(c3nccs3)CC2)n1. The summed E-state index contributed by atoms with van der Waals surface area (Å²) in [6.07, 6.45) is 5.17. The number of aromatic nitrogens is 3. The Morgan fingerprint density at radius 2 is 1.89 bits per heavy atom. The molecule has 0 bridgehead atoms. The van der Waals surface area contributed by atoms with Gasteiger partial charge in [-0.1, -0.05) is 0 Å². The van der Waals surface area contributed by atoms with Crippen LogP contribution >= 0.6 is 11.3 Å². The highest BCUT2D eigenvalue weighted by molar-refractivity contribution is 7.13. The van der Waals surface area contributed by atoms with Crippen molar-refractivity contribution in [1.82, 2.24) is 15.0 Å². The average Bonchev–Trinajstić information content (AvgIpc) is 2.93. The molecule has 2 N–H and O–H groups in total. The van der Waals surface area contributed by atoms with E-state index < -0.39 is 0 Å². The zero-order valence-electron chi connectivity index (χ0n) is 9.86. The molecule has 1 fully saturated rings. The van der Waals surface area contributed by atoms with E-state index in [-0.39, 0.29) is 0 Å². The van der Waals surface area contributed by atoms with Crippen molar-refractivity contribution in [3.8, 4) is 0 Å². The Labute approximate surface area is 109 Å². The fourth-order valence-electron chi connectivity index (χ4n) is 2.02. The molecule has 6 nitrogen and oxygen atoms in total. The minimum atomic E-state index is 0.467. The summed E-state index contributed by atoms with van der Waals surface area (Å²) in [4.78, 5) is 17.2. The Bertz CT molecular complexity index is 506. The summed E-state index contributed by atoms with van der Waals surface area (Å²) in [5, 5.41) is 3.10. The summed E-state index contributed by atoms with van der Waals surface area (Å²) >= 11 is 1.68. The maximum Gasteiger partial charge on any atom is 0.185 e. The molecule has 18 heavy (non-hydrogen) atoms. The monoisotopic (exact) mass is 262 g/mol. The third-order valence-electron chi connectivity index (χ3n) is 2.93.